The van der Waals surface area contributed by atoms with Gasteiger partial charge < -0.3 is 5.32 Å². The monoisotopic (exact) mass is 322 g/mol. The second-order valence-corrected chi connectivity index (χ2v) is 5.26. The van der Waals surface area contributed by atoms with Crippen LogP contribution in [0.25, 0.3) is 0 Å². The number of halogens is 2. The fourth-order valence-corrected chi connectivity index (χ4v) is 3.16. The third-order valence-corrected chi connectivity index (χ3v) is 4.09. The normalized spacial score (nSPS) is 25.2. The molecule has 0 unspecified atom stereocenters. The Kier molecular flexibility index (Phi) is 5.32. The van der Waals surface area contributed by atoms with Crippen molar-refractivity contribution in [3.8, 4) is 0 Å². The second kappa shape index (κ2) is 6.17. The Balaban J connectivity index is 0.000000902. The van der Waals surface area contributed by atoms with Crippen molar-refractivity contribution >= 4 is 47.8 Å². The first-order valence-corrected chi connectivity index (χ1v) is 6.60. The second-order valence-electron chi connectivity index (χ2n) is 4.54. The van der Waals surface area contributed by atoms with Crippen molar-refractivity contribution in [1.29, 1.82) is 0 Å². The molecule has 2 aliphatic rings. The number of piperidine rings is 1. The summed E-state index contributed by atoms with van der Waals surface area (Å²) in [5.41, 5.74) is 3.32. The van der Waals surface area contributed by atoms with Gasteiger partial charge in [-0.2, -0.15) is 5.10 Å². The van der Waals surface area contributed by atoms with Gasteiger partial charge in [0.2, 0.25) is 0 Å². The largest absolute Gasteiger partial charge is 0.315 e. The van der Waals surface area contributed by atoms with Crippen molar-refractivity contribution < 1.29 is 4.79 Å². The molecule has 3 rings (SSSR count). The number of carbonyl (C=O) groups is 1. The number of fused-ring (bicyclic) bond motifs is 1. The first kappa shape index (κ1) is 16.4. The van der Waals surface area contributed by atoms with E-state index in [1.54, 1.807) is 18.4 Å². The van der Waals surface area contributed by atoms with Crippen LogP contribution >= 0.6 is 36.2 Å². The van der Waals surface area contributed by atoms with E-state index < -0.39 is 5.41 Å². The molecule has 8 heteroatoms. The van der Waals surface area contributed by atoms with E-state index in [-0.39, 0.29) is 30.7 Å². The summed E-state index contributed by atoms with van der Waals surface area (Å²) < 4.78 is 0. The minimum atomic E-state index is -0.485. The number of hydrogen-bond donors (Lipinski definition) is 1. The number of thiazole rings is 1. The molecular formula is C11H16Cl2N4OS. The highest BCUT2D eigenvalue weighted by molar-refractivity contribution is 7.07. The minimum absolute atomic E-state index is 0. The molecule has 1 N–H and O–H groups in total. The van der Waals surface area contributed by atoms with Gasteiger partial charge in [0, 0.05) is 38.4 Å². The summed E-state index contributed by atoms with van der Waals surface area (Å²) in [7, 11) is 1.73. The lowest BCUT2D eigenvalue weighted by Gasteiger charge is -2.32. The van der Waals surface area contributed by atoms with Crippen LogP contribution in [0.15, 0.2) is 16.0 Å². The van der Waals surface area contributed by atoms with Crippen molar-refractivity contribution in [2.45, 2.75) is 12.8 Å². The Labute approximate surface area is 128 Å². The Morgan fingerprint density at radius 1 is 1.53 bits per heavy atom. The summed E-state index contributed by atoms with van der Waals surface area (Å²) in [5.74, 6) is 0.0905. The molecule has 1 amide bonds. The van der Waals surface area contributed by atoms with E-state index in [2.05, 4.69) is 15.4 Å². The van der Waals surface area contributed by atoms with E-state index in [0.717, 1.165) is 24.4 Å². The van der Waals surface area contributed by atoms with Gasteiger partial charge in [-0.1, -0.05) is 0 Å². The number of hydrogen-bond acceptors (Lipinski definition) is 5. The molecule has 0 radical (unpaired) electrons. The summed E-state index contributed by atoms with van der Waals surface area (Å²) in [6.07, 6.45) is 1.51. The summed E-state index contributed by atoms with van der Waals surface area (Å²) >= 11 is 1.56. The molecule has 0 spiro atoms. The van der Waals surface area contributed by atoms with Crippen LogP contribution in [0.2, 0.25) is 0 Å². The molecule has 1 saturated heterocycles. The Hall–Kier alpha value is -0.690. The van der Waals surface area contributed by atoms with Gasteiger partial charge in [-0.05, 0) is 0 Å². The molecule has 0 aliphatic carbocycles. The Morgan fingerprint density at radius 3 is 3.00 bits per heavy atom. The average Bonchev–Trinajstić information content (AvgIpc) is 2.90. The lowest BCUT2D eigenvalue weighted by molar-refractivity contribution is -0.135. The number of carbonyl (C=O) groups excluding carboxylic acids is 1. The zero-order chi connectivity index (χ0) is 11.9. The maximum Gasteiger partial charge on any atom is 0.256 e. The van der Waals surface area contributed by atoms with Crippen molar-refractivity contribution in [3.05, 3.63) is 16.6 Å². The number of rotatable bonds is 2. The molecule has 1 aromatic rings. The van der Waals surface area contributed by atoms with Gasteiger partial charge in [0.05, 0.1) is 16.9 Å². The van der Waals surface area contributed by atoms with E-state index >= 15 is 0 Å². The van der Waals surface area contributed by atoms with Gasteiger partial charge in [0.1, 0.15) is 5.41 Å². The van der Waals surface area contributed by atoms with Gasteiger partial charge >= 0.3 is 0 Å². The number of nitrogens with zero attached hydrogens (tertiary/aromatic N) is 3. The minimum Gasteiger partial charge on any atom is -0.315 e. The van der Waals surface area contributed by atoms with E-state index in [1.165, 1.54) is 5.01 Å². The molecule has 1 aromatic heterocycles. The standard InChI is InChI=1S/C11H14N4OS.2ClH/c1-15-10(16)11(4-8-5-17-7-13-8)6-12-3-2-9(11)14-15;;/h5,7,12H,2-4,6H2,1H3;2*1H/t11-;;/m1../s1. The molecule has 0 bridgehead atoms. The molecule has 106 valence electrons. The van der Waals surface area contributed by atoms with Gasteiger partial charge in [0.25, 0.3) is 5.91 Å². The lowest BCUT2D eigenvalue weighted by Crippen LogP contribution is -2.52. The lowest BCUT2D eigenvalue weighted by atomic mass is 9.75. The van der Waals surface area contributed by atoms with Gasteiger partial charge in [-0.3, -0.25) is 4.79 Å². The van der Waals surface area contributed by atoms with Crippen molar-refractivity contribution in [2.75, 3.05) is 20.1 Å². The van der Waals surface area contributed by atoms with Crippen LogP contribution in [0.4, 0.5) is 0 Å². The summed E-state index contributed by atoms with van der Waals surface area (Å²) in [4.78, 5) is 16.6. The first-order chi connectivity index (χ1) is 8.22. The summed E-state index contributed by atoms with van der Waals surface area (Å²) in [6, 6.07) is 0. The third kappa shape index (κ3) is 2.63. The molecule has 1 atom stereocenters. The highest BCUT2D eigenvalue weighted by atomic mass is 35.5. The van der Waals surface area contributed by atoms with E-state index in [0.29, 0.717) is 13.0 Å². The van der Waals surface area contributed by atoms with Crippen LogP contribution in [-0.2, 0) is 11.2 Å². The number of nitrogens with one attached hydrogen (secondary N) is 1. The van der Waals surface area contributed by atoms with Gasteiger partial charge in [-0.15, -0.1) is 36.2 Å². The molecular weight excluding hydrogens is 307 g/mol. The molecule has 0 saturated carbocycles. The molecule has 5 nitrogen and oxygen atoms in total. The number of hydrazone groups is 1. The average molecular weight is 323 g/mol. The van der Waals surface area contributed by atoms with Crippen molar-refractivity contribution in [1.82, 2.24) is 15.3 Å². The van der Waals surface area contributed by atoms with Crippen LogP contribution in [0.3, 0.4) is 0 Å². The predicted molar refractivity (Wildman–Crippen MR) is 80.4 cm³/mol. The zero-order valence-corrected chi connectivity index (χ0v) is 12.9. The third-order valence-electron chi connectivity index (χ3n) is 3.46. The first-order valence-electron chi connectivity index (χ1n) is 5.66. The zero-order valence-electron chi connectivity index (χ0n) is 10.5. The summed E-state index contributed by atoms with van der Waals surface area (Å²) in [6.45, 7) is 1.57. The van der Waals surface area contributed by atoms with Crippen molar-refractivity contribution in [3.63, 3.8) is 0 Å². The molecule has 19 heavy (non-hydrogen) atoms. The van der Waals surface area contributed by atoms with Crippen LogP contribution < -0.4 is 5.32 Å². The fraction of sp³-hybridized carbons (Fsp3) is 0.545. The summed E-state index contributed by atoms with van der Waals surface area (Å²) in [5, 5.41) is 11.2. The van der Waals surface area contributed by atoms with Crippen LogP contribution in [-0.4, -0.2) is 41.7 Å². The maximum atomic E-state index is 12.3. The highest BCUT2D eigenvalue weighted by Crippen LogP contribution is 2.35. The van der Waals surface area contributed by atoms with E-state index in [1.807, 2.05) is 10.9 Å². The number of amides is 1. The topological polar surface area (TPSA) is 57.6 Å². The Bertz CT molecular complexity index is 479. The van der Waals surface area contributed by atoms with Crippen LogP contribution in [0, 0.1) is 5.41 Å². The highest BCUT2D eigenvalue weighted by Gasteiger charge is 2.51. The molecule has 3 heterocycles. The van der Waals surface area contributed by atoms with Crippen LogP contribution in [0.5, 0.6) is 0 Å². The predicted octanol–water partition coefficient (Wildman–Crippen LogP) is 1.34. The Morgan fingerprint density at radius 2 is 2.32 bits per heavy atom. The molecule has 0 aromatic carbocycles. The maximum absolute atomic E-state index is 12.3. The van der Waals surface area contributed by atoms with Crippen molar-refractivity contribution in [2.24, 2.45) is 10.5 Å². The van der Waals surface area contributed by atoms with Gasteiger partial charge in [0.15, 0.2) is 0 Å². The van der Waals surface area contributed by atoms with Gasteiger partial charge in [-0.25, -0.2) is 9.99 Å². The smallest absolute Gasteiger partial charge is 0.256 e. The van der Waals surface area contributed by atoms with E-state index in [9.17, 15) is 4.79 Å². The van der Waals surface area contributed by atoms with E-state index in [4.69, 9.17) is 0 Å². The van der Waals surface area contributed by atoms with Crippen LogP contribution in [0.1, 0.15) is 12.1 Å². The fourth-order valence-electron chi connectivity index (χ4n) is 2.61. The molecule has 1 fully saturated rings. The number of aromatic nitrogens is 1. The SMILES string of the molecule is CN1N=C2CCNC[C@@]2(Cc2cscn2)C1=O.Cl.Cl. The molecule has 2 aliphatic heterocycles. The quantitative estimate of drug-likeness (QED) is 0.893.